The zero-order valence-electron chi connectivity index (χ0n) is 40.5. The Morgan fingerprint density at radius 1 is 0.493 bits per heavy atom. The molecule has 0 saturated heterocycles. The van der Waals surface area contributed by atoms with Gasteiger partial charge in [-0.2, -0.15) is 0 Å². The van der Waals surface area contributed by atoms with Crippen LogP contribution in [0.1, 0.15) is 48.3 Å². The van der Waals surface area contributed by atoms with E-state index in [0.29, 0.717) is 17.3 Å². The van der Waals surface area contributed by atoms with Crippen LogP contribution >= 0.6 is 0 Å². The van der Waals surface area contributed by atoms with Gasteiger partial charge in [0.25, 0.3) is 0 Å². The average Bonchev–Trinajstić information content (AvgIpc) is 4.29. The van der Waals surface area contributed by atoms with E-state index in [9.17, 15) is 0 Å². The molecule has 2 bridgehead atoms. The van der Waals surface area contributed by atoms with Gasteiger partial charge in [-0.15, -0.1) is 0 Å². The SMILES string of the molecule is C1=C2C(C=C1N(c1ccccc1)c1c(N(c3ccccc3)c3ccc4c5ccccc5n(-c5ccccc5)c4c3)ccc3c1C1(c4ccccc4-3)C3CC4CC5CC1C53C4)c1ccccc1N2c1ccccc1. The molecule has 73 heavy (non-hydrogen) atoms. The number of rotatable bonds is 8. The van der Waals surface area contributed by atoms with Gasteiger partial charge in [0.1, 0.15) is 0 Å². The van der Waals surface area contributed by atoms with E-state index in [-0.39, 0.29) is 11.3 Å². The maximum atomic E-state index is 2.71. The van der Waals surface area contributed by atoms with Crippen LogP contribution in [0, 0.1) is 29.1 Å². The Morgan fingerprint density at radius 2 is 1.15 bits per heavy atom. The Bertz CT molecular complexity index is 3990. The van der Waals surface area contributed by atoms with Crippen LogP contribution in [0.2, 0.25) is 0 Å². The van der Waals surface area contributed by atoms with Gasteiger partial charge in [0, 0.05) is 61.9 Å². The van der Waals surface area contributed by atoms with Gasteiger partial charge in [-0.05, 0) is 174 Å². The van der Waals surface area contributed by atoms with Crippen LogP contribution in [-0.4, -0.2) is 4.57 Å². The van der Waals surface area contributed by atoms with Crippen LogP contribution in [0.15, 0.2) is 248 Å². The molecular weight excluding hydrogens is 885 g/mol. The Labute approximate surface area is 426 Å². The van der Waals surface area contributed by atoms with E-state index < -0.39 is 0 Å². The molecule has 2 spiro atoms. The molecule has 0 radical (unpaired) electrons. The van der Waals surface area contributed by atoms with Gasteiger partial charge in [0.05, 0.1) is 28.1 Å². The number of nitrogens with zero attached hydrogens (tertiary/aromatic N) is 4. The van der Waals surface area contributed by atoms with Crippen LogP contribution in [0.5, 0.6) is 0 Å². The fraction of sp³-hybridized carbons (Fsp3) is 0.159. The Balaban J connectivity index is 0.975. The quantitative estimate of drug-likeness (QED) is 0.151. The second kappa shape index (κ2) is 14.6. The average molecular weight is 937 g/mol. The highest BCUT2D eigenvalue weighted by Gasteiger charge is 2.85. The molecule has 7 aliphatic rings. The fourth-order valence-corrected chi connectivity index (χ4v) is 16.8. The molecule has 7 unspecified atom stereocenters. The molecule has 4 saturated carbocycles. The lowest BCUT2D eigenvalue weighted by Crippen LogP contribution is -2.74. The summed E-state index contributed by atoms with van der Waals surface area (Å²) >= 11 is 0. The molecule has 17 rings (SSSR count). The Morgan fingerprint density at radius 3 is 1.95 bits per heavy atom. The largest absolute Gasteiger partial charge is 0.313 e. The minimum Gasteiger partial charge on any atom is -0.313 e. The van der Waals surface area contributed by atoms with E-state index in [1.165, 1.54) is 104 Å². The molecule has 348 valence electrons. The van der Waals surface area contributed by atoms with E-state index in [4.69, 9.17) is 0 Å². The summed E-state index contributed by atoms with van der Waals surface area (Å²) in [6, 6.07) is 84.2. The van der Waals surface area contributed by atoms with Gasteiger partial charge in [0.15, 0.2) is 0 Å². The highest BCUT2D eigenvalue weighted by molar-refractivity contribution is 6.11. The number of aromatic nitrogens is 1. The van der Waals surface area contributed by atoms with Gasteiger partial charge in [0.2, 0.25) is 0 Å². The van der Waals surface area contributed by atoms with E-state index in [2.05, 4.69) is 256 Å². The van der Waals surface area contributed by atoms with Crippen LogP contribution < -0.4 is 14.7 Å². The molecule has 4 heteroatoms. The smallest absolute Gasteiger partial charge is 0.0750 e. The fourth-order valence-electron chi connectivity index (χ4n) is 16.8. The molecule has 1 aliphatic heterocycles. The first-order valence-corrected chi connectivity index (χ1v) is 26.6. The number of anilines is 7. The first kappa shape index (κ1) is 40.3. The lowest BCUT2D eigenvalue weighted by Gasteiger charge is -2.76. The standard InChI is InChI=1S/C69H52N4/c1-5-19-46(20-6-1)70(50-33-34-55-53-28-14-17-31-59(53)72(62(55)41-50)48-23-9-3-10-24-48)61-36-35-56-52-27-13-16-30-58(52)69(64-38-44-37-45-39-65(69)68(45,64)43-44)66(56)67(61)71(47-21-7-2-8-22-47)51-40-57-54-29-15-18-32-60(54)73(63(57)42-51)49-25-11-4-12-26-49/h1-36,40-42,44-45,57,64-65H,37-39,43H2. The maximum Gasteiger partial charge on any atom is 0.0750 e. The van der Waals surface area contributed by atoms with Crippen LogP contribution in [0.25, 0.3) is 38.6 Å². The lowest BCUT2D eigenvalue weighted by molar-refractivity contribution is -0.231. The molecule has 9 aromatic carbocycles. The van der Waals surface area contributed by atoms with Crippen molar-refractivity contribution < 1.29 is 0 Å². The zero-order chi connectivity index (χ0) is 47.6. The van der Waals surface area contributed by atoms with E-state index >= 15 is 0 Å². The van der Waals surface area contributed by atoms with Gasteiger partial charge in [-0.25, -0.2) is 0 Å². The number of fused-ring (bicyclic) bond motifs is 14. The highest BCUT2D eigenvalue weighted by Crippen LogP contribution is 2.90. The number of hydrogen-bond acceptors (Lipinski definition) is 3. The van der Waals surface area contributed by atoms with Gasteiger partial charge < -0.3 is 19.3 Å². The van der Waals surface area contributed by atoms with Gasteiger partial charge in [-0.1, -0.05) is 146 Å². The summed E-state index contributed by atoms with van der Waals surface area (Å²) in [5.41, 5.74) is 22.1. The molecule has 4 fully saturated rings. The molecule has 7 atom stereocenters. The van der Waals surface area contributed by atoms with Crippen molar-refractivity contribution in [3.05, 3.63) is 265 Å². The number of allylic oxidation sites excluding steroid dienone is 2. The van der Waals surface area contributed by atoms with Crippen molar-refractivity contribution in [3.63, 3.8) is 0 Å². The predicted octanol–water partition coefficient (Wildman–Crippen LogP) is 17.4. The molecular formula is C69H52N4. The highest BCUT2D eigenvalue weighted by atomic mass is 15.2. The summed E-state index contributed by atoms with van der Waals surface area (Å²) in [5, 5.41) is 2.51. The second-order valence-corrected chi connectivity index (χ2v) is 22.1. The molecule has 4 nitrogen and oxygen atoms in total. The van der Waals surface area contributed by atoms with Gasteiger partial charge >= 0.3 is 0 Å². The monoisotopic (exact) mass is 936 g/mol. The van der Waals surface area contributed by atoms with Gasteiger partial charge in [-0.3, -0.25) is 0 Å². The third kappa shape index (κ3) is 5.11. The maximum absolute atomic E-state index is 2.71. The summed E-state index contributed by atoms with van der Waals surface area (Å²) < 4.78 is 2.46. The molecule has 2 heterocycles. The van der Waals surface area contributed by atoms with Crippen LogP contribution in [-0.2, 0) is 5.41 Å². The third-order valence-corrected chi connectivity index (χ3v) is 19.2. The van der Waals surface area contributed by atoms with E-state index in [1.54, 1.807) is 11.1 Å². The van der Waals surface area contributed by atoms with E-state index in [0.717, 1.165) is 28.9 Å². The molecule has 6 aliphatic carbocycles. The minimum atomic E-state index is -0.0904. The molecule has 10 aromatic rings. The lowest BCUT2D eigenvalue weighted by atomic mass is 9.26. The van der Waals surface area contributed by atoms with Crippen molar-refractivity contribution >= 4 is 61.6 Å². The number of para-hydroxylation sites is 6. The van der Waals surface area contributed by atoms with Crippen LogP contribution in [0.3, 0.4) is 0 Å². The summed E-state index contributed by atoms with van der Waals surface area (Å²) in [6.07, 6.45) is 10.6. The number of hydrogen-bond donors (Lipinski definition) is 0. The zero-order valence-corrected chi connectivity index (χ0v) is 40.5. The minimum absolute atomic E-state index is 0.0904. The van der Waals surface area contributed by atoms with Crippen molar-refractivity contribution in [2.24, 2.45) is 29.1 Å². The summed E-state index contributed by atoms with van der Waals surface area (Å²) in [5.74, 6) is 3.05. The number of benzene rings is 9. The van der Waals surface area contributed by atoms with Crippen molar-refractivity contribution in [1.82, 2.24) is 4.57 Å². The first-order valence-electron chi connectivity index (χ1n) is 26.6. The van der Waals surface area contributed by atoms with Crippen molar-refractivity contribution in [2.75, 3.05) is 14.7 Å². The normalized spacial score (nSPS) is 24.9. The third-order valence-electron chi connectivity index (χ3n) is 19.2. The molecule has 1 aromatic heterocycles. The topological polar surface area (TPSA) is 14.7 Å². The summed E-state index contributed by atoms with van der Waals surface area (Å²) in [7, 11) is 0. The molecule has 0 N–H and O–H groups in total. The van der Waals surface area contributed by atoms with E-state index in [1.807, 2.05) is 0 Å². The Kier molecular flexibility index (Phi) is 8.08. The van der Waals surface area contributed by atoms with Crippen LogP contribution in [0.4, 0.5) is 39.8 Å². The van der Waals surface area contributed by atoms with Crippen molar-refractivity contribution in [1.29, 1.82) is 0 Å². The summed E-state index contributed by atoms with van der Waals surface area (Å²) in [6.45, 7) is 0. The molecule has 0 amide bonds. The predicted molar refractivity (Wildman–Crippen MR) is 299 cm³/mol. The van der Waals surface area contributed by atoms with Crippen molar-refractivity contribution in [2.45, 2.75) is 37.0 Å². The first-order chi connectivity index (χ1) is 36.2. The Hall–Kier alpha value is -8.34. The summed E-state index contributed by atoms with van der Waals surface area (Å²) in [4.78, 5) is 7.82. The van der Waals surface area contributed by atoms with Crippen molar-refractivity contribution in [3.8, 4) is 16.8 Å². The second-order valence-electron chi connectivity index (χ2n) is 22.1.